The highest BCUT2D eigenvalue weighted by molar-refractivity contribution is 5.95. The zero-order valence-electron chi connectivity index (χ0n) is 18.0. The van der Waals surface area contributed by atoms with Gasteiger partial charge in [0.2, 0.25) is 0 Å². The van der Waals surface area contributed by atoms with Crippen molar-refractivity contribution in [3.63, 3.8) is 0 Å². The van der Waals surface area contributed by atoms with Crippen molar-refractivity contribution in [2.75, 3.05) is 5.32 Å². The summed E-state index contributed by atoms with van der Waals surface area (Å²) in [6, 6.07) is 9.41. The van der Waals surface area contributed by atoms with Gasteiger partial charge in [0.05, 0.1) is 0 Å². The fourth-order valence-corrected chi connectivity index (χ4v) is 3.15. The number of rotatable bonds is 7. The van der Waals surface area contributed by atoms with Gasteiger partial charge in [-0.05, 0) is 61.9 Å². The first-order valence-corrected chi connectivity index (χ1v) is 9.86. The van der Waals surface area contributed by atoms with Gasteiger partial charge in [-0.25, -0.2) is 0 Å². The van der Waals surface area contributed by atoms with Crippen LogP contribution in [0.15, 0.2) is 29.1 Å². The zero-order chi connectivity index (χ0) is 22.4. The number of ether oxygens (including phenoxy) is 1. The second kappa shape index (κ2) is 9.88. The number of H-pyrrole nitrogens is 1. The highest BCUT2D eigenvalue weighted by atomic mass is 16.5. The average Bonchev–Trinajstić information content (AvgIpc) is 2.68. The number of carbonyl (C=O) groups excluding carboxylic acids is 2. The Morgan fingerprint density at radius 1 is 1.17 bits per heavy atom. The van der Waals surface area contributed by atoms with Crippen LogP contribution in [0.1, 0.15) is 61.1 Å². The molecular weight excluding hydrogens is 382 g/mol. The Kier molecular flexibility index (Phi) is 7.54. The van der Waals surface area contributed by atoms with E-state index in [4.69, 9.17) is 10.00 Å². The summed E-state index contributed by atoms with van der Waals surface area (Å²) in [6.45, 7) is 9.09. The number of anilines is 1. The van der Waals surface area contributed by atoms with Crippen LogP contribution in [-0.4, -0.2) is 23.0 Å². The van der Waals surface area contributed by atoms with Crippen molar-refractivity contribution in [1.29, 1.82) is 5.26 Å². The van der Waals surface area contributed by atoms with Gasteiger partial charge in [-0.3, -0.25) is 14.4 Å². The molecule has 7 nitrogen and oxygen atoms in total. The lowest BCUT2D eigenvalue weighted by Gasteiger charge is -2.15. The number of benzene rings is 1. The van der Waals surface area contributed by atoms with Crippen molar-refractivity contribution in [3.05, 3.63) is 62.6 Å². The smallest absolute Gasteiger partial charge is 0.306 e. The fraction of sp³-hybridized carbons (Fsp3) is 0.391. The predicted octanol–water partition coefficient (Wildman–Crippen LogP) is 3.49. The number of hydrogen-bond acceptors (Lipinski definition) is 5. The van der Waals surface area contributed by atoms with Gasteiger partial charge in [0.15, 0.2) is 6.10 Å². The molecule has 0 fully saturated rings. The topological polar surface area (TPSA) is 112 Å². The van der Waals surface area contributed by atoms with Crippen LogP contribution >= 0.6 is 0 Å². The molecule has 2 rings (SSSR count). The lowest BCUT2D eigenvalue weighted by atomic mass is 9.99. The molecule has 7 heteroatoms. The summed E-state index contributed by atoms with van der Waals surface area (Å²) in [5.74, 6) is -0.547. The van der Waals surface area contributed by atoms with Gasteiger partial charge in [-0.15, -0.1) is 0 Å². The Bertz CT molecular complexity index is 1030. The van der Waals surface area contributed by atoms with Crippen LogP contribution in [0, 0.1) is 25.2 Å². The number of carbonyl (C=O) groups is 2. The summed E-state index contributed by atoms with van der Waals surface area (Å²) in [5, 5.41) is 11.9. The number of nitrogens with one attached hydrogen (secondary N) is 2. The van der Waals surface area contributed by atoms with Gasteiger partial charge in [0.25, 0.3) is 11.5 Å². The molecule has 0 spiro atoms. The Morgan fingerprint density at radius 3 is 2.37 bits per heavy atom. The standard InChI is InChI=1S/C23H27N3O4/c1-13(2)17-6-8-18(9-7-17)26-22(28)16(5)30-21(27)11-10-19-14(3)20(12-24)23(29)25-15(19)4/h6-9,13,16H,10-11H2,1-5H3,(H,25,29)(H,26,28)/t16-/m1/s1. The lowest BCUT2D eigenvalue weighted by molar-refractivity contribution is -0.153. The second-order valence-corrected chi connectivity index (χ2v) is 7.57. The van der Waals surface area contributed by atoms with Crippen LogP contribution in [0.3, 0.4) is 0 Å². The molecular formula is C23H27N3O4. The van der Waals surface area contributed by atoms with E-state index in [0.717, 1.165) is 5.56 Å². The first-order valence-electron chi connectivity index (χ1n) is 9.86. The average molecular weight is 409 g/mol. The van der Waals surface area contributed by atoms with E-state index < -0.39 is 23.5 Å². The summed E-state index contributed by atoms with van der Waals surface area (Å²) in [6.07, 6.45) is -0.624. The number of hydrogen-bond donors (Lipinski definition) is 2. The molecule has 0 saturated carbocycles. The fourth-order valence-electron chi connectivity index (χ4n) is 3.15. The van der Waals surface area contributed by atoms with Gasteiger partial charge >= 0.3 is 5.97 Å². The van der Waals surface area contributed by atoms with Crippen LogP contribution in [0.4, 0.5) is 5.69 Å². The molecule has 0 unspecified atom stereocenters. The minimum absolute atomic E-state index is 0.0271. The molecule has 0 saturated heterocycles. The highest BCUT2D eigenvalue weighted by Gasteiger charge is 2.19. The molecule has 1 heterocycles. The van der Waals surface area contributed by atoms with Crippen LogP contribution in [0.2, 0.25) is 0 Å². The number of aromatic nitrogens is 1. The molecule has 2 N–H and O–H groups in total. The van der Waals surface area contributed by atoms with Gasteiger partial charge in [-0.1, -0.05) is 26.0 Å². The second-order valence-electron chi connectivity index (χ2n) is 7.57. The van der Waals surface area contributed by atoms with Crippen molar-refractivity contribution in [2.24, 2.45) is 0 Å². The predicted molar refractivity (Wildman–Crippen MR) is 114 cm³/mol. The molecule has 158 valence electrons. The first-order chi connectivity index (χ1) is 14.1. The van der Waals surface area contributed by atoms with Crippen molar-refractivity contribution < 1.29 is 14.3 Å². The minimum atomic E-state index is -0.949. The van der Waals surface area contributed by atoms with Crippen LogP contribution in [-0.2, 0) is 20.7 Å². The Morgan fingerprint density at radius 2 is 1.80 bits per heavy atom. The van der Waals surface area contributed by atoms with Gasteiger partial charge < -0.3 is 15.0 Å². The minimum Gasteiger partial charge on any atom is -0.453 e. The van der Waals surface area contributed by atoms with E-state index in [1.807, 2.05) is 30.3 Å². The molecule has 0 bridgehead atoms. The van der Waals surface area contributed by atoms with E-state index >= 15 is 0 Å². The van der Waals surface area contributed by atoms with Crippen LogP contribution in [0.5, 0.6) is 0 Å². The molecule has 30 heavy (non-hydrogen) atoms. The number of nitrogens with zero attached hydrogens (tertiary/aromatic N) is 1. The molecule has 2 aromatic rings. The van der Waals surface area contributed by atoms with Gasteiger partial charge in [0, 0.05) is 17.8 Å². The highest BCUT2D eigenvalue weighted by Crippen LogP contribution is 2.18. The van der Waals surface area contributed by atoms with E-state index in [1.165, 1.54) is 12.5 Å². The molecule has 0 aliphatic carbocycles. The molecule has 1 aromatic heterocycles. The van der Waals surface area contributed by atoms with E-state index in [9.17, 15) is 14.4 Å². The maximum Gasteiger partial charge on any atom is 0.306 e. The molecule has 1 aromatic carbocycles. The number of pyridine rings is 1. The van der Waals surface area contributed by atoms with E-state index in [0.29, 0.717) is 29.3 Å². The van der Waals surface area contributed by atoms with Crippen LogP contribution in [0.25, 0.3) is 0 Å². The number of esters is 1. The number of nitriles is 1. The SMILES string of the molecule is Cc1[nH]c(=O)c(C#N)c(C)c1CCC(=O)O[C@H](C)C(=O)Nc1ccc(C(C)C)cc1. The number of aryl methyl sites for hydroxylation is 1. The maximum absolute atomic E-state index is 12.3. The number of aromatic amines is 1. The monoisotopic (exact) mass is 409 g/mol. The van der Waals surface area contributed by atoms with E-state index in [1.54, 1.807) is 13.8 Å². The van der Waals surface area contributed by atoms with Crippen molar-refractivity contribution in [3.8, 4) is 6.07 Å². The Labute approximate surface area is 176 Å². The summed E-state index contributed by atoms with van der Waals surface area (Å²) >= 11 is 0. The first kappa shape index (κ1) is 22.9. The van der Waals surface area contributed by atoms with E-state index in [-0.39, 0.29) is 12.0 Å². The normalized spacial score (nSPS) is 11.6. The zero-order valence-corrected chi connectivity index (χ0v) is 18.0. The third-order valence-corrected chi connectivity index (χ3v) is 5.02. The molecule has 0 radical (unpaired) electrons. The Balaban J connectivity index is 1.94. The quantitative estimate of drug-likeness (QED) is 0.680. The molecule has 1 amide bonds. The summed E-state index contributed by atoms with van der Waals surface area (Å²) in [7, 11) is 0. The van der Waals surface area contributed by atoms with Gasteiger partial charge in [-0.2, -0.15) is 5.26 Å². The van der Waals surface area contributed by atoms with Crippen molar-refractivity contribution in [1.82, 2.24) is 4.98 Å². The number of amides is 1. The molecule has 0 aliphatic rings. The molecule has 0 aliphatic heterocycles. The van der Waals surface area contributed by atoms with E-state index in [2.05, 4.69) is 24.1 Å². The third kappa shape index (κ3) is 5.57. The van der Waals surface area contributed by atoms with Crippen LogP contribution < -0.4 is 10.9 Å². The third-order valence-electron chi connectivity index (χ3n) is 5.02. The van der Waals surface area contributed by atoms with Gasteiger partial charge in [0.1, 0.15) is 11.6 Å². The summed E-state index contributed by atoms with van der Waals surface area (Å²) < 4.78 is 5.24. The van der Waals surface area contributed by atoms with Crippen molar-refractivity contribution >= 4 is 17.6 Å². The maximum atomic E-state index is 12.3. The lowest BCUT2D eigenvalue weighted by Crippen LogP contribution is -2.30. The summed E-state index contributed by atoms with van der Waals surface area (Å²) in [5.41, 5.74) is 3.30. The van der Waals surface area contributed by atoms with Crippen molar-refractivity contribution in [2.45, 2.75) is 59.5 Å². The largest absolute Gasteiger partial charge is 0.453 e. The summed E-state index contributed by atoms with van der Waals surface area (Å²) in [4.78, 5) is 38.9. The Hall–Kier alpha value is -3.40. The molecule has 1 atom stereocenters.